The monoisotopic (exact) mass is 340 g/mol. The largest absolute Gasteiger partial charge is 0.416 e. The van der Waals surface area contributed by atoms with Crippen molar-refractivity contribution in [3.05, 3.63) is 29.6 Å². The maximum absolute atomic E-state index is 13.8. The average Bonchev–Trinajstić information content (AvgIpc) is 2.40. The van der Waals surface area contributed by atoms with Crippen molar-refractivity contribution < 1.29 is 26.0 Å². The lowest BCUT2D eigenvalue weighted by Gasteiger charge is -2.37. The molecule has 0 spiro atoms. The van der Waals surface area contributed by atoms with Crippen molar-refractivity contribution in [2.75, 3.05) is 13.1 Å². The zero-order chi connectivity index (χ0) is 16.7. The molecule has 2 rings (SSSR count). The third-order valence-electron chi connectivity index (χ3n) is 3.82. The first-order valence-electron chi connectivity index (χ1n) is 6.67. The number of benzene rings is 1. The standard InChI is InChI=1S/C13H16F4N2O2S/c1-8-9(2)19(6-5-18-8)22(20,21)12-7-10(13(15,16)17)3-4-11(12)14/h3-4,7-9,18H,5-6H2,1-2H3. The summed E-state index contributed by atoms with van der Waals surface area (Å²) in [7, 11) is -4.34. The summed E-state index contributed by atoms with van der Waals surface area (Å²) in [6.07, 6.45) is -4.74. The van der Waals surface area contributed by atoms with Gasteiger partial charge in [-0.1, -0.05) is 0 Å². The molecule has 4 nitrogen and oxygen atoms in total. The van der Waals surface area contributed by atoms with Gasteiger partial charge >= 0.3 is 6.18 Å². The number of halogens is 4. The number of rotatable bonds is 2. The van der Waals surface area contributed by atoms with E-state index in [1.807, 2.05) is 0 Å². The van der Waals surface area contributed by atoms with Crippen LogP contribution in [0.5, 0.6) is 0 Å². The molecule has 2 unspecified atom stereocenters. The van der Waals surface area contributed by atoms with Crippen LogP contribution in [0.15, 0.2) is 23.1 Å². The molecule has 22 heavy (non-hydrogen) atoms. The lowest BCUT2D eigenvalue weighted by molar-refractivity contribution is -0.137. The first kappa shape index (κ1) is 17.2. The molecule has 124 valence electrons. The Morgan fingerprint density at radius 1 is 1.27 bits per heavy atom. The van der Waals surface area contributed by atoms with Gasteiger partial charge in [0, 0.05) is 25.2 Å². The third-order valence-corrected chi connectivity index (χ3v) is 5.82. The van der Waals surface area contributed by atoms with E-state index in [2.05, 4.69) is 5.32 Å². The highest BCUT2D eigenvalue weighted by Crippen LogP contribution is 2.33. The van der Waals surface area contributed by atoms with E-state index in [0.29, 0.717) is 24.7 Å². The number of piperazine rings is 1. The molecule has 1 N–H and O–H groups in total. The molecule has 0 amide bonds. The second kappa shape index (κ2) is 5.78. The lowest BCUT2D eigenvalue weighted by Crippen LogP contribution is -2.57. The minimum Gasteiger partial charge on any atom is -0.311 e. The number of hydrogen-bond donors (Lipinski definition) is 1. The Morgan fingerprint density at radius 3 is 2.50 bits per heavy atom. The Bertz CT molecular complexity index is 660. The quantitative estimate of drug-likeness (QED) is 0.840. The van der Waals surface area contributed by atoms with Crippen LogP contribution in [-0.2, 0) is 16.2 Å². The summed E-state index contributed by atoms with van der Waals surface area (Å²) in [4.78, 5) is -0.941. The highest BCUT2D eigenvalue weighted by molar-refractivity contribution is 7.89. The molecule has 0 aromatic heterocycles. The zero-order valence-corrected chi connectivity index (χ0v) is 12.8. The van der Waals surface area contributed by atoms with Crippen molar-refractivity contribution in [3.8, 4) is 0 Å². The van der Waals surface area contributed by atoms with Crippen molar-refractivity contribution in [2.45, 2.75) is 37.0 Å². The van der Waals surface area contributed by atoms with Gasteiger partial charge in [-0.15, -0.1) is 0 Å². The highest BCUT2D eigenvalue weighted by atomic mass is 32.2. The number of nitrogens with one attached hydrogen (secondary N) is 1. The molecule has 0 bridgehead atoms. The summed E-state index contributed by atoms with van der Waals surface area (Å²) in [6, 6.07) is 0.735. The van der Waals surface area contributed by atoms with Crippen LogP contribution < -0.4 is 5.32 Å². The van der Waals surface area contributed by atoms with Crippen molar-refractivity contribution >= 4 is 10.0 Å². The Balaban J connectivity index is 2.49. The highest BCUT2D eigenvalue weighted by Gasteiger charge is 2.38. The molecule has 1 saturated heterocycles. The molecule has 1 aromatic rings. The number of nitrogens with zero attached hydrogens (tertiary/aromatic N) is 1. The SMILES string of the molecule is CC1NCCN(S(=O)(=O)c2cc(C(F)(F)F)ccc2F)C1C. The van der Waals surface area contributed by atoms with Crippen molar-refractivity contribution in [2.24, 2.45) is 0 Å². The molecule has 0 aliphatic carbocycles. The predicted octanol–water partition coefficient (Wildman–Crippen LogP) is 2.22. The molecular formula is C13H16F4N2O2S. The van der Waals surface area contributed by atoms with Gasteiger partial charge in [-0.25, -0.2) is 12.8 Å². The number of sulfonamides is 1. The summed E-state index contributed by atoms with van der Waals surface area (Å²) in [5.41, 5.74) is -1.19. The van der Waals surface area contributed by atoms with Gasteiger partial charge in [0.15, 0.2) is 0 Å². The van der Waals surface area contributed by atoms with Gasteiger partial charge < -0.3 is 5.32 Å². The van der Waals surface area contributed by atoms with Gasteiger partial charge in [0.05, 0.1) is 5.56 Å². The fourth-order valence-electron chi connectivity index (χ4n) is 2.37. The van der Waals surface area contributed by atoms with E-state index in [0.717, 1.165) is 4.31 Å². The molecule has 1 aromatic carbocycles. The summed E-state index contributed by atoms with van der Waals surface area (Å²) in [5.74, 6) is -1.19. The van der Waals surface area contributed by atoms with Crippen LogP contribution in [-0.4, -0.2) is 37.9 Å². The maximum Gasteiger partial charge on any atom is 0.416 e. The third kappa shape index (κ3) is 3.11. The first-order chi connectivity index (χ1) is 10.0. The average molecular weight is 340 g/mol. The van der Waals surface area contributed by atoms with Gasteiger partial charge in [0.25, 0.3) is 0 Å². The van der Waals surface area contributed by atoms with Crippen LogP contribution >= 0.6 is 0 Å². The normalized spacial score (nSPS) is 24.5. The lowest BCUT2D eigenvalue weighted by atomic mass is 10.1. The second-order valence-electron chi connectivity index (χ2n) is 5.24. The minimum atomic E-state index is -4.74. The fourth-order valence-corrected chi connectivity index (χ4v) is 4.16. The summed E-state index contributed by atoms with van der Waals surface area (Å²) in [6.45, 7) is 3.81. The first-order valence-corrected chi connectivity index (χ1v) is 8.11. The van der Waals surface area contributed by atoms with Crippen molar-refractivity contribution in [1.82, 2.24) is 9.62 Å². The van der Waals surface area contributed by atoms with Crippen LogP contribution in [0.3, 0.4) is 0 Å². The fraction of sp³-hybridized carbons (Fsp3) is 0.538. The summed E-state index contributed by atoms with van der Waals surface area (Å²) in [5, 5.41) is 3.06. The molecule has 0 radical (unpaired) electrons. The topological polar surface area (TPSA) is 49.4 Å². The zero-order valence-electron chi connectivity index (χ0n) is 12.0. The number of alkyl halides is 3. The van der Waals surface area contributed by atoms with E-state index < -0.39 is 38.5 Å². The Kier molecular flexibility index (Phi) is 4.51. The molecule has 1 aliphatic heterocycles. The van der Waals surface area contributed by atoms with E-state index in [-0.39, 0.29) is 12.6 Å². The smallest absolute Gasteiger partial charge is 0.311 e. The predicted molar refractivity (Wildman–Crippen MR) is 72.2 cm³/mol. The molecule has 2 atom stereocenters. The van der Waals surface area contributed by atoms with Gasteiger partial charge in [0.1, 0.15) is 10.7 Å². The van der Waals surface area contributed by atoms with E-state index in [9.17, 15) is 26.0 Å². The Labute approximate surface area is 126 Å². The molecule has 9 heteroatoms. The molecular weight excluding hydrogens is 324 g/mol. The van der Waals surface area contributed by atoms with Crippen molar-refractivity contribution in [3.63, 3.8) is 0 Å². The van der Waals surface area contributed by atoms with E-state index in [1.54, 1.807) is 13.8 Å². The molecule has 1 fully saturated rings. The van der Waals surface area contributed by atoms with Gasteiger partial charge in [0.2, 0.25) is 10.0 Å². The van der Waals surface area contributed by atoms with Crippen LogP contribution in [0, 0.1) is 5.82 Å². The van der Waals surface area contributed by atoms with E-state index in [4.69, 9.17) is 0 Å². The number of hydrogen-bond acceptors (Lipinski definition) is 3. The van der Waals surface area contributed by atoms with E-state index >= 15 is 0 Å². The maximum atomic E-state index is 13.8. The van der Waals surface area contributed by atoms with Crippen LogP contribution in [0.4, 0.5) is 17.6 Å². The minimum absolute atomic E-state index is 0.0729. The van der Waals surface area contributed by atoms with Crippen LogP contribution in [0.2, 0.25) is 0 Å². The molecule has 1 heterocycles. The van der Waals surface area contributed by atoms with Crippen LogP contribution in [0.1, 0.15) is 19.4 Å². The van der Waals surface area contributed by atoms with Crippen molar-refractivity contribution in [1.29, 1.82) is 0 Å². The summed E-state index contributed by atoms with van der Waals surface area (Å²) >= 11 is 0. The van der Waals surface area contributed by atoms with Gasteiger partial charge in [-0.3, -0.25) is 0 Å². The van der Waals surface area contributed by atoms with Crippen LogP contribution in [0.25, 0.3) is 0 Å². The molecule has 1 aliphatic rings. The Hall–Kier alpha value is -1.19. The van der Waals surface area contributed by atoms with Gasteiger partial charge in [-0.05, 0) is 32.0 Å². The second-order valence-corrected chi connectivity index (χ2v) is 7.10. The Morgan fingerprint density at radius 2 is 1.91 bits per heavy atom. The van der Waals surface area contributed by atoms with E-state index in [1.165, 1.54) is 0 Å². The van der Waals surface area contributed by atoms with Gasteiger partial charge in [-0.2, -0.15) is 17.5 Å². The molecule has 0 saturated carbocycles. The summed E-state index contributed by atoms with van der Waals surface area (Å²) < 4.78 is 78.1.